The number of aryl methyl sites for hydroxylation is 1. The van der Waals surface area contributed by atoms with Gasteiger partial charge in [0, 0.05) is 39.3 Å². The van der Waals surface area contributed by atoms with E-state index in [1.807, 2.05) is 7.05 Å². The maximum absolute atomic E-state index is 13.2. The molecule has 1 aromatic carbocycles. The van der Waals surface area contributed by atoms with Crippen LogP contribution in [0.25, 0.3) is 11.0 Å². The van der Waals surface area contributed by atoms with Gasteiger partial charge < -0.3 is 9.88 Å². The summed E-state index contributed by atoms with van der Waals surface area (Å²) in [6.07, 6.45) is 0. The molecule has 0 unspecified atom stereocenters. The van der Waals surface area contributed by atoms with E-state index in [1.165, 1.54) is 12.1 Å². The van der Waals surface area contributed by atoms with Gasteiger partial charge in [-0.25, -0.2) is 9.37 Å². The summed E-state index contributed by atoms with van der Waals surface area (Å²) in [5.41, 5.74) is 1.73. The van der Waals surface area contributed by atoms with E-state index < -0.39 is 0 Å². The van der Waals surface area contributed by atoms with Gasteiger partial charge in [-0.15, -0.1) is 0 Å². The van der Waals surface area contributed by atoms with Crippen LogP contribution < -0.4 is 5.32 Å². The van der Waals surface area contributed by atoms with E-state index in [1.54, 1.807) is 6.07 Å². The summed E-state index contributed by atoms with van der Waals surface area (Å²) in [6, 6.07) is 4.77. The summed E-state index contributed by atoms with van der Waals surface area (Å²) in [5.74, 6) is 0.770. The van der Waals surface area contributed by atoms with Gasteiger partial charge in [0.1, 0.15) is 11.6 Å². The van der Waals surface area contributed by atoms with Crippen LogP contribution in [-0.4, -0.2) is 40.6 Å². The zero-order valence-corrected chi connectivity index (χ0v) is 10.5. The number of hydrogen-bond donors (Lipinski definition) is 1. The van der Waals surface area contributed by atoms with Gasteiger partial charge in [0.15, 0.2) is 0 Å². The quantitative estimate of drug-likeness (QED) is 0.864. The van der Waals surface area contributed by atoms with Crippen LogP contribution >= 0.6 is 0 Å². The maximum atomic E-state index is 13.2. The van der Waals surface area contributed by atoms with Crippen molar-refractivity contribution in [3.05, 3.63) is 29.8 Å². The van der Waals surface area contributed by atoms with Crippen molar-refractivity contribution in [2.24, 2.45) is 7.05 Å². The van der Waals surface area contributed by atoms with Crippen LogP contribution in [-0.2, 0) is 13.6 Å². The molecule has 2 heterocycles. The van der Waals surface area contributed by atoms with Gasteiger partial charge >= 0.3 is 0 Å². The third-order valence-electron chi connectivity index (χ3n) is 3.51. The number of nitrogens with one attached hydrogen (secondary N) is 1. The molecule has 1 saturated heterocycles. The van der Waals surface area contributed by atoms with Crippen molar-refractivity contribution >= 4 is 11.0 Å². The lowest BCUT2D eigenvalue weighted by atomic mass is 10.3. The number of hydrogen-bond acceptors (Lipinski definition) is 3. The number of aromatic nitrogens is 2. The molecule has 0 spiro atoms. The summed E-state index contributed by atoms with van der Waals surface area (Å²) >= 11 is 0. The normalized spacial score (nSPS) is 17.4. The van der Waals surface area contributed by atoms with E-state index >= 15 is 0 Å². The Morgan fingerprint density at radius 3 is 2.89 bits per heavy atom. The molecular weight excluding hydrogens is 231 g/mol. The second kappa shape index (κ2) is 4.66. The summed E-state index contributed by atoms with van der Waals surface area (Å²) in [4.78, 5) is 6.90. The summed E-state index contributed by atoms with van der Waals surface area (Å²) in [5, 5.41) is 3.33. The molecule has 0 atom stereocenters. The zero-order chi connectivity index (χ0) is 12.5. The molecule has 5 heteroatoms. The van der Waals surface area contributed by atoms with Gasteiger partial charge in [0.25, 0.3) is 0 Å². The molecule has 1 aromatic heterocycles. The number of fused-ring (bicyclic) bond motifs is 1. The van der Waals surface area contributed by atoms with Crippen LogP contribution in [0.15, 0.2) is 18.2 Å². The average Bonchev–Trinajstić information content (AvgIpc) is 2.67. The minimum absolute atomic E-state index is 0.227. The van der Waals surface area contributed by atoms with E-state index in [9.17, 15) is 4.39 Å². The minimum Gasteiger partial charge on any atom is -0.330 e. The third kappa shape index (κ3) is 2.11. The van der Waals surface area contributed by atoms with Crippen molar-refractivity contribution in [1.82, 2.24) is 19.8 Å². The highest BCUT2D eigenvalue weighted by molar-refractivity contribution is 5.75. The van der Waals surface area contributed by atoms with Crippen LogP contribution in [0, 0.1) is 5.82 Å². The van der Waals surface area contributed by atoms with Crippen LogP contribution in [0.5, 0.6) is 0 Å². The Morgan fingerprint density at radius 2 is 2.11 bits per heavy atom. The fourth-order valence-corrected chi connectivity index (χ4v) is 2.43. The van der Waals surface area contributed by atoms with Crippen LogP contribution in [0.2, 0.25) is 0 Å². The first-order valence-corrected chi connectivity index (χ1v) is 6.28. The summed E-state index contributed by atoms with van der Waals surface area (Å²) < 4.78 is 15.2. The van der Waals surface area contributed by atoms with Crippen molar-refractivity contribution in [1.29, 1.82) is 0 Å². The molecule has 96 valence electrons. The fourth-order valence-electron chi connectivity index (χ4n) is 2.43. The summed E-state index contributed by atoms with van der Waals surface area (Å²) in [7, 11) is 1.99. The Hall–Kier alpha value is -1.46. The van der Waals surface area contributed by atoms with Crippen molar-refractivity contribution < 1.29 is 4.39 Å². The molecule has 1 aliphatic rings. The molecule has 4 nitrogen and oxygen atoms in total. The molecule has 1 aliphatic heterocycles. The number of piperazine rings is 1. The molecule has 0 saturated carbocycles. The van der Waals surface area contributed by atoms with Gasteiger partial charge in [-0.3, -0.25) is 4.90 Å². The predicted octanol–water partition coefficient (Wildman–Crippen LogP) is 1.12. The number of benzene rings is 1. The Labute approximate surface area is 105 Å². The largest absolute Gasteiger partial charge is 0.330 e. The SMILES string of the molecule is Cn1c(CN2CCNCC2)nc2cc(F)ccc21. The number of imidazole rings is 1. The van der Waals surface area contributed by atoms with Crippen molar-refractivity contribution in [3.63, 3.8) is 0 Å². The van der Waals surface area contributed by atoms with Gasteiger partial charge in [0.2, 0.25) is 0 Å². The van der Waals surface area contributed by atoms with E-state index in [2.05, 4.69) is 19.8 Å². The molecule has 0 bridgehead atoms. The van der Waals surface area contributed by atoms with Crippen LogP contribution in [0.1, 0.15) is 5.82 Å². The first-order chi connectivity index (χ1) is 8.74. The van der Waals surface area contributed by atoms with Crippen LogP contribution in [0.4, 0.5) is 4.39 Å². The molecular formula is C13H17FN4. The number of rotatable bonds is 2. The molecule has 0 amide bonds. The molecule has 0 aliphatic carbocycles. The van der Waals surface area contributed by atoms with Gasteiger partial charge in [-0.1, -0.05) is 0 Å². The average molecular weight is 248 g/mol. The Bertz CT molecular complexity index is 557. The second-order valence-electron chi connectivity index (χ2n) is 4.75. The smallest absolute Gasteiger partial charge is 0.125 e. The Morgan fingerprint density at radius 1 is 1.33 bits per heavy atom. The lowest BCUT2D eigenvalue weighted by molar-refractivity contribution is 0.226. The van der Waals surface area contributed by atoms with E-state index in [-0.39, 0.29) is 5.82 Å². The van der Waals surface area contributed by atoms with Gasteiger partial charge in [-0.2, -0.15) is 0 Å². The number of nitrogens with zero attached hydrogens (tertiary/aromatic N) is 3. The van der Waals surface area contributed by atoms with Gasteiger partial charge in [0.05, 0.1) is 17.6 Å². The molecule has 0 radical (unpaired) electrons. The minimum atomic E-state index is -0.227. The highest BCUT2D eigenvalue weighted by atomic mass is 19.1. The Kier molecular flexibility index (Phi) is 3.01. The van der Waals surface area contributed by atoms with E-state index in [0.29, 0.717) is 0 Å². The van der Waals surface area contributed by atoms with Gasteiger partial charge in [-0.05, 0) is 12.1 Å². The Balaban J connectivity index is 1.89. The van der Waals surface area contributed by atoms with Crippen LogP contribution in [0.3, 0.4) is 0 Å². The first kappa shape index (κ1) is 11.6. The van der Waals surface area contributed by atoms with Crippen molar-refractivity contribution in [2.75, 3.05) is 26.2 Å². The lowest BCUT2D eigenvalue weighted by Crippen LogP contribution is -2.43. The topological polar surface area (TPSA) is 33.1 Å². The zero-order valence-electron chi connectivity index (χ0n) is 10.5. The van der Waals surface area contributed by atoms with Crippen molar-refractivity contribution in [3.8, 4) is 0 Å². The molecule has 18 heavy (non-hydrogen) atoms. The molecule has 1 N–H and O–H groups in total. The molecule has 3 rings (SSSR count). The standard InChI is InChI=1S/C13H17FN4/c1-17-12-3-2-10(14)8-11(12)16-13(17)9-18-6-4-15-5-7-18/h2-3,8,15H,4-7,9H2,1H3. The third-order valence-corrected chi connectivity index (χ3v) is 3.51. The highest BCUT2D eigenvalue weighted by Crippen LogP contribution is 2.17. The highest BCUT2D eigenvalue weighted by Gasteiger charge is 2.14. The lowest BCUT2D eigenvalue weighted by Gasteiger charge is -2.26. The number of halogens is 1. The second-order valence-corrected chi connectivity index (χ2v) is 4.75. The molecule has 2 aromatic rings. The monoisotopic (exact) mass is 248 g/mol. The fraction of sp³-hybridized carbons (Fsp3) is 0.462. The molecule has 1 fully saturated rings. The van der Waals surface area contributed by atoms with E-state index in [4.69, 9.17) is 0 Å². The first-order valence-electron chi connectivity index (χ1n) is 6.28. The van der Waals surface area contributed by atoms with Crippen molar-refractivity contribution in [2.45, 2.75) is 6.54 Å². The maximum Gasteiger partial charge on any atom is 0.125 e. The van der Waals surface area contributed by atoms with E-state index in [0.717, 1.165) is 49.6 Å². The predicted molar refractivity (Wildman–Crippen MR) is 68.8 cm³/mol. The summed E-state index contributed by atoms with van der Waals surface area (Å²) in [6.45, 7) is 4.96.